The molecule has 1 nitrogen and oxygen atoms in total. The van der Waals surface area contributed by atoms with Crippen LogP contribution in [0.15, 0.2) is 16.6 Å². The molecule has 1 rings (SSSR count). The molecule has 0 aliphatic rings. The van der Waals surface area contributed by atoms with E-state index in [1.807, 2.05) is 0 Å². The van der Waals surface area contributed by atoms with Gasteiger partial charge in [-0.15, -0.1) is 0 Å². The lowest BCUT2D eigenvalue weighted by atomic mass is 10.00. The van der Waals surface area contributed by atoms with Crippen LogP contribution in [0.5, 0.6) is 0 Å². The van der Waals surface area contributed by atoms with Gasteiger partial charge in [0, 0.05) is 22.5 Å². The number of hydrogen-bond donors (Lipinski definition) is 1. The van der Waals surface area contributed by atoms with Crippen LogP contribution < -0.4 is 5.73 Å². The summed E-state index contributed by atoms with van der Waals surface area (Å²) in [4.78, 5) is 0. The molecule has 0 saturated heterocycles. The van der Waals surface area contributed by atoms with Crippen LogP contribution in [0.1, 0.15) is 30.0 Å². The van der Waals surface area contributed by atoms with Crippen LogP contribution in [0.2, 0.25) is 0 Å². The minimum Gasteiger partial charge on any atom is -0.324 e. The van der Waals surface area contributed by atoms with Gasteiger partial charge < -0.3 is 5.73 Å². The molecule has 1 aromatic rings. The molecule has 0 aromatic heterocycles. The van der Waals surface area contributed by atoms with Crippen molar-refractivity contribution in [2.45, 2.75) is 32.0 Å². The van der Waals surface area contributed by atoms with Crippen LogP contribution in [0.4, 0.5) is 17.6 Å². The maximum Gasteiger partial charge on any atom is 0.389 e. The summed E-state index contributed by atoms with van der Waals surface area (Å²) < 4.78 is 50.4. The molecule has 96 valence electrons. The van der Waals surface area contributed by atoms with Crippen LogP contribution in [0, 0.1) is 12.7 Å². The molecule has 1 aromatic carbocycles. The third kappa shape index (κ3) is 4.27. The van der Waals surface area contributed by atoms with E-state index in [1.54, 1.807) is 13.0 Å². The van der Waals surface area contributed by atoms with E-state index in [4.69, 9.17) is 5.73 Å². The van der Waals surface area contributed by atoms with Crippen molar-refractivity contribution in [2.24, 2.45) is 5.73 Å². The zero-order chi connectivity index (χ0) is 13.2. The molecule has 0 heterocycles. The standard InChI is InChI=1S/C11H12BrF4N/c1-6-4-7(12)5-8(10(6)13)9(17)2-3-11(14,15)16/h4-5,9H,2-3,17H2,1H3/t9-/m0/s1. The van der Waals surface area contributed by atoms with Gasteiger partial charge in [-0.2, -0.15) is 13.2 Å². The molecule has 0 unspecified atom stereocenters. The van der Waals surface area contributed by atoms with Crippen molar-refractivity contribution in [2.75, 3.05) is 0 Å². The Bertz CT molecular complexity index is 403. The third-order valence-corrected chi connectivity index (χ3v) is 2.84. The smallest absolute Gasteiger partial charge is 0.324 e. The van der Waals surface area contributed by atoms with Crippen LogP contribution in [-0.2, 0) is 0 Å². The van der Waals surface area contributed by atoms with Crippen molar-refractivity contribution >= 4 is 15.9 Å². The Morgan fingerprint density at radius 3 is 2.47 bits per heavy atom. The fraction of sp³-hybridized carbons (Fsp3) is 0.455. The number of rotatable bonds is 3. The highest BCUT2D eigenvalue weighted by molar-refractivity contribution is 9.10. The van der Waals surface area contributed by atoms with Crippen LogP contribution in [0.25, 0.3) is 0 Å². The molecule has 6 heteroatoms. The second-order valence-electron chi connectivity index (χ2n) is 3.89. The molecule has 0 radical (unpaired) electrons. The third-order valence-electron chi connectivity index (χ3n) is 2.39. The average Bonchev–Trinajstić information content (AvgIpc) is 2.19. The molecular weight excluding hydrogens is 302 g/mol. The largest absolute Gasteiger partial charge is 0.389 e. The van der Waals surface area contributed by atoms with Gasteiger partial charge in [0.25, 0.3) is 0 Å². The summed E-state index contributed by atoms with van der Waals surface area (Å²) in [5.74, 6) is -0.539. The van der Waals surface area contributed by atoms with E-state index >= 15 is 0 Å². The molecule has 0 bridgehead atoms. The Balaban J connectivity index is 2.85. The predicted octanol–water partition coefficient (Wildman–Crippen LogP) is 4.24. The lowest BCUT2D eigenvalue weighted by molar-refractivity contribution is -0.136. The highest BCUT2D eigenvalue weighted by Crippen LogP contribution is 2.29. The normalized spacial score (nSPS) is 13.8. The molecular formula is C11H12BrF4N. The first kappa shape index (κ1) is 14.4. The Morgan fingerprint density at radius 2 is 1.94 bits per heavy atom. The summed E-state index contributed by atoms with van der Waals surface area (Å²) in [6.07, 6.45) is -5.61. The highest BCUT2D eigenvalue weighted by atomic mass is 79.9. The second-order valence-corrected chi connectivity index (χ2v) is 4.80. The van der Waals surface area contributed by atoms with Crippen molar-refractivity contribution in [3.05, 3.63) is 33.5 Å². The van der Waals surface area contributed by atoms with E-state index in [2.05, 4.69) is 15.9 Å². The van der Waals surface area contributed by atoms with E-state index in [1.165, 1.54) is 6.07 Å². The van der Waals surface area contributed by atoms with Crippen molar-refractivity contribution in [3.8, 4) is 0 Å². The van der Waals surface area contributed by atoms with Crippen LogP contribution >= 0.6 is 15.9 Å². The first-order valence-corrected chi connectivity index (χ1v) is 5.78. The molecule has 0 saturated carbocycles. The van der Waals surface area contributed by atoms with Gasteiger partial charge in [-0.3, -0.25) is 0 Å². The van der Waals surface area contributed by atoms with E-state index in [0.717, 1.165) is 0 Å². The first-order chi connectivity index (χ1) is 7.70. The first-order valence-electron chi connectivity index (χ1n) is 4.98. The Morgan fingerprint density at radius 1 is 1.35 bits per heavy atom. The van der Waals surface area contributed by atoms with Crippen molar-refractivity contribution in [1.82, 2.24) is 0 Å². The van der Waals surface area contributed by atoms with Gasteiger partial charge in [-0.25, -0.2) is 4.39 Å². The Labute approximate surface area is 105 Å². The fourth-order valence-electron chi connectivity index (χ4n) is 1.50. The molecule has 0 spiro atoms. The van der Waals surface area contributed by atoms with Gasteiger partial charge in [0.2, 0.25) is 0 Å². The average molecular weight is 314 g/mol. The zero-order valence-electron chi connectivity index (χ0n) is 9.11. The molecule has 0 amide bonds. The lowest BCUT2D eigenvalue weighted by Gasteiger charge is -2.15. The van der Waals surface area contributed by atoms with E-state index in [9.17, 15) is 17.6 Å². The Kier molecular flexibility index (Phi) is 4.55. The summed E-state index contributed by atoms with van der Waals surface area (Å²) in [6, 6.07) is 2.02. The van der Waals surface area contributed by atoms with Crippen molar-refractivity contribution in [3.63, 3.8) is 0 Å². The fourth-order valence-corrected chi connectivity index (χ4v) is 2.09. The minimum absolute atomic E-state index is 0.112. The van der Waals surface area contributed by atoms with E-state index in [-0.39, 0.29) is 12.0 Å². The number of nitrogens with two attached hydrogens (primary N) is 1. The summed E-state index contributed by atoms with van der Waals surface area (Å²) in [5, 5.41) is 0. The number of aryl methyl sites for hydroxylation is 1. The maximum absolute atomic E-state index is 13.7. The van der Waals surface area contributed by atoms with Crippen molar-refractivity contribution < 1.29 is 17.6 Å². The summed E-state index contributed by atoms with van der Waals surface area (Å²) in [6.45, 7) is 1.54. The van der Waals surface area contributed by atoms with E-state index < -0.39 is 24.5 Å². The van der Waals surface area contributed by atoms with Gasteiger partial charge in [0.05, 0.1) is 0 Å². The topological polar surface area (TPSA) is 26.0 Å². The molecule has 17 heavy (non-hydrogen) atoms. The van der Waals surface area contributed by atoms with Crippen molar-refractivity contribution in [1.29, 1.82) is 0 Å². The highest BCUT2D eigenvalue weighted by Gasteiger charge is 2.28. The molecule has 2 N–H and O–H groups in total. The van der Waals surface area contributed by atoms with Gasteiger partial charge in [-0.1, -0.05) is 15.9 Å². The summed E-state index contributed by atoms with van der Waals surface area (Å²) in [5.41, 5.74) is 6.05. The Hall–Kier alpha value is -0.620. The number of alkyl halides is 3. The number of benzene rings is 1. The number of hydrogen-bond acceptors (Lipinski definition) is 1. The molecule has 0 aliphatic carbocycles. The summed E-state index contributed by atoms with van der Waals surface area (Å²) in [7, 11) is 0. The lowest BCUT2D eigenvalue weighted by Crippen LogP contribution is -2.17. The van der Waals surface area contributed by atoms with Gasteiger partial charge in [-0.05, 0) is 31.0 Å². The van der Waals surface area contributed by atoms with Gasteiger partial charge in [0.1, 0.15) is 5.82 Å². The summed E-state index contributed by atoms with van der Waals surface area (Å²) >= 11 is 3.16. The maximum atomic E-state index is 13.7. The monoisotopic (exact) mass is 313 g/mol. The molecule has 0 fully saturated rings. The van der Waals surface area contributed by atoms with Crippen LogP contribution in [-0.4, -0.2) is 6.18 Å². The SMILES string of the molecule is Cc1cc(Br)cc([C@@H](N)CCC(F)(F)F)c1F. The quantitative estimate of drug-likeness (QED) is 0.830. The number of halogens is 5. The van der Waals surface area contributed by atoms with Crippen LogP contribution in [0.3, 0.4) is 0 Å². The van der Waals surface area contributed by atoms with Gasteiger partial charge >= 0.3 is 6.18 Å². The second kappa shape index (κ2) is 5.35. The zero-order valence-corrected chi connectivity index (χ0v) is 10.7. The molecule has 1 atom stereocenters. The molecule has 0 aliphatic heterocycles. The van der Waals surface area contributed by atoms with E-state index in [0.29, 0.717) is 10.0 Å². The predicted molar refractivity (Wildman–Crippen MR) is 61.1 cm³/mol. The van der Waals surface area contributed by atoms with Gasteiger partial charge in [0.15, 0.2) is 0 Å². The minimum atomic E-state index is -4.27.